The second-order valence-electron chi connectivity index (χ2n) is 5.61. The number of nitrogens with one attached hydrogen (secondary N) is 1. The first-order chi connectivity index (χ1) is 11.2. The molecule has 0 bridgehead atoms. The summed E-state index contributed by atoms with van der Waals surface area (Å²) in [6, 6.07) is 17.3. The summed E-state index contributed by atoms with van der Waals surface area (Å²) in [6.45, 7) is 2.21. The quantitative estimate of drug-likeness (QED) is 0.639. The van der Waals surface area contributed by atoms with Crippen LogP contribution in [-0.2, 0) is 13.5 Å². The van der Waals surface area contributed by atoms with Crippen molar-refractivity contribution in [3.63, 3.8) is 0 Å². The van der Waals surface area contributed by atoms with Gasteiger partial charge in [0.15, 0.2) is 0 Å². The molecule has 1 heterocycles. The lowest BCUT2D eigenvalue weighted by atomic mass is 10.0. The number of halogens is 1. The van der Waals surface area contributed by atoms with E-state index in [1.807, 2.05) is 11.7 Å². The lowest BCUT2D eigenvalue weighted by molar-refractivity contribution is 0.776. The lowest BCUT2D eigenvalue weighted by Crippen LogP contribution is -1.99. The number of aromatic nitrogens is 2. The third-order valence-corrected chi connectivity index (χ3v) is 4.45. The topological polar surface area (TPSA) is 29.9 Å². The molecular formula is C19H20BrN3. The molecule has 0 saturated carbocycles. The van der Waals surface area contributed by atoms with E-state index in [4.69, 9.17) is 0 Å². The Bertz CT molecular complexity index is 754. The molecule has 1 N–H and O–H groups in total. The molecule has 4 heteroatoms. The molecular weight excluding hydrogens is 350 g/mol. The maximum absolute atomic E-state index is 4.21. The highest BCUT2D eigenvalue weighted by atomic mass is 79.9. The van der Waals surface area contributed by atoms with Crippen LogP contribution in [0.4, 0.5) is 11.5 Å². The van der Waals surface area contributed by atoms with Crippen LogP contribution in [0.2, 0.25) is 0 Å². The van der Waals surface area contributed by atoms with Crippen molar-refractivity contribution in [1.29, 1.82) is 0 Å². The highest BCUT2D eigenvalue weighted by Crippen LogP contribution is 2.27. The summed E-state index contributed by atoms with van der Waals surface area (Å²) in [5, 5.41) is 7.59. The van der Waals surface area contributed by atoms with Gasteiger partial charge in [-0.25, -0.2) is 0 Å². The molecule has 3 rings (SSSR count). The van der Waals surface area contributed by atoms with Gasteiger partial charge in [0, 0.05) is 12.7 Å². The molecule has 0 aliphatic carbocycles. The van der Waals surface area contributed by atoms with E-state index in [0.29, 0.717) is 0 Å². The van der Waals surface area contributed by atoms with Crippen LogP contribution >= 0.6 is 15.9 Å². The first kappa shape index (κ1) is 15.8. The summed E-state index contributed by atoms with van der Waals surface area (Å²) >= 11 is 3.50. The smallest absolute Gasteiger partial charge is 0.142 e. The van der Waals surface area contributed by atoms with Crippen LogP contribution in [-0.4, -0.2) is 9.78 Å². The van der Waals surface area contributed by atoms with Crippen molar-refractivity contribution < 1.29 is 0 Å². The Hall–Kier alpha value is -2.07. The number of anilines is 2. The molecule has 3 nitrogen and oxygen atoms in total. The second-order valence-corrected chi connectivity index (χ2v) is 6.47. The maximum atomic E-state index is 4.21. The van der Waals surface area contributed by atoms with E-state index < -0.39 is 0 Å². The minimum Gasteiger partial charge on any atom is -0.340 e. The van der Waals surface area contributed by atoms with E-state index in [-0.39, 0.29) is 0 Å². The Labute approximate surface area is 145 Å². The summed E-state index contributed by atoms with van der Waals surface area (Å²) in [6.07, 6.45) is 4.11. The Morgan fingerprint density at radius 3 is 2.13 bits per heavy atom. The zero-order chi connectivity index (χ0) is 16.2. The van der Waals surface area contributed by atoms with Crippen molar-refractivity contribution in [2.75, 3.05) is 5.32 Å². The Kier molecular flexibility index (Phi) is 4.82. The van der Waals surface area contributed by atoms with Gasteiger partial charge >= 0.3 is 0 Å². The van der Waals surface area contributed by atoms with E-state index in [1.165, 1.54) is 23.1 Å². The minimum atomic E-state index is 0.946. The normalized spacial score (nSPS) is 10.7. The van der Waals surface area contributed by atoms with Crippen molar-refractivity contribution in [3.05, 3.63) is 64.8 Å². The van der Waals surface area contributed by atoms with Crippen molar-refractivity contribution in [2.45, 2.75) is 19.8 Å². The van der Waals surface area contributed by atoms with Gasteiger partial charge < -0.3 is 5.32 Å². The monoisotopic (exact) mass is 369 g/mol. The van der Waals surface area contributed by atoms with Crippen LogP contribution in [0.15, 0.2) is 59.2 Å². The second kappa shape index (κ2) is 7.01. The average molecular weight is 370 g/mol. The molecule has 0 aliphatic rings. The van der Waals surface area contributed by atoms with Gasteiger partial charge in [-0.2, -0.15) is 5.10 Å². The van der Waals surface area contributed by atoms with Gasteiger partial charge in [-0.05, 0) is 51.2 Å². The zero-order valence-electron chi connectivity index (χ0n) is 13.4. The van der Waals surface area contributed by atoms with Crippen LogP contribution in [0.3, 0.4) is 0 Å². The zero-order valence-corrected chi connectivity index (χ0v) is 15.0. The highest BCUT2D eigenvalue weighted by molar-refractivity contribution is 9.10. The van der Waals surface area contributed by atoms with E-state index in [1.54, 1.807) is 6.20 Å². The van der Waals surface area contributed by atoms with Gasteiger partial charge in [0.1, 0.15) is 5.82 Å². The van der Waals surface area contributed by atoms with Gasteiger partial charge in [0.2, 0.25) is 0 Å². The van der Waals surface area contributed by atoms with Crippen LogP contribution in [0, 0.1) is 0 Å². The van der Waals surface area contributed by atoms with E-state index in [0.717, 1.165) is 22.4 Å². The van der Waals surface area contributed by atoms with Crippen LogP contribution in [0.1, 0.15) is 18.9 Å². The van der Waals surface area contributed by atoms with Crippen molar-refractivity contribution in [3.8, 4) is 11.1 Å². The van der Waals surface area contributed by atoms with Crippen molar-refractivity contribution in [1.82, 2.24) is 9.78 Å². The predicted molar refractivity (Wildman–Crippen MR) is 100 cm³/mol. The predicted octanol–water partition coefficient (Wildman–Crippen LogP) is 5.55. The van der Waals surface area contributed by atoms with Gasteiger partial charge in [-0.3, -0.25) is 4.68 Å². The first-order valence-electron chi connectivity index (χ1n) is 7.81. The van der Waals surface area contributed by atoms with E-state index in [9.17, 15) is 0 Å². The van der Waals surface area contributed by atoms with E-state index in [2.05, 4.69) is 81.8 Å². The molecule has 0 amide bonds. The number of nitrogens with zero attached hydrogens (tertiary/aromatic N) is 2. The largest absolute Gasteiger partial charge is 0.340 e. The molecule has 2 aromatic carbocycles. The molecule has 0 radical (unpaired) electrons. The molecule has 3 aromatic rings. The lowest BCUT2D eigenvalue weighted by Gasteiger charge is -2.09. The molecule has 0 aliphatic heterocycles. The van der Waals surface area contributed by atoms with E-state index >= 15 is 0 Å². The molecule has 0 saturated heterocycles. The average Bonchev–Trinajstić information content (AvgIpc) is 2.89. The number of benzene rings is 2. The van der Waals surface area contributed by atoms with Gasteiger partial charge in [0.25, 0.3) is 0 Å². The standard InChI is InChI=1S/C19H20BrN3/c1-3-4-14-5-7-15(8-6-14)16-9-11-17(12-10-16)22-19-18(20)13-21-23(19)2/h5-13,22H,3-4H2,1-2H3. The van der Waals surface area contributed by atoms with Gasteiger partial charge in [0.05, 0.1) is 10.7 Å². The number of hydrogen-bond donors (Lipinski definition) is 1. The summed E-state index contributed by atoms with van der Waals surface area (Å²) in [5.41, 5.74) is 4.91. The third kappa shape index (κ3) is 3.64. The third-order valence-electron chi connectivity index (χ3n) is 3.87. The molecule has 0 unspecified atom stereocenters. The molecule has 1 aromatic heterocycles. The Morgan fingerprint density at radius 1 is 1.00 bits per heavy atom. The number of hydrogen-bond acceptors (Lipinski definition) is 2. The molecule has 23 heavy (non-hydrogen) atoms. The first-order valence-corrected chi connectivity index (χ1v) is 8.60. The number of rotatable bonds is 5. The van der Waals surface area contributed by atoms with Crippen molar-refractivity contribution >= 4 is 27.4 Å². The summed E-state index contributed by atoms with van der Waals surface area (Å²) in [4.78, 5) is 0. The van der Waals surface area contributed by atoms with Gasteiger partial charge in [-0.15, -0.1) is 0 Å². The molecule has 0 spiro atoms. The molecule has 0 atom stereocenters. The SMILES string of the molecule is CCCc1ccc(-c2ccc(Nc3c(Br)cnn3C)cc2)cc1. The Morgan fingerprint density at radius 2 is 1.61 bits per heavy atom. The minimum absolute atomic E-state index is 0.946. The van der Waals surface area contributed by atoms with Gasteiger partial charge in [-0.1, -0.05) is 49.7 Å². The van der Waals surface area contributed by atoms with Crippen LogP contribution in [0.5, 0.6) is 0 Å². The fourth-order valence-corrected chi connectivity index (χ4v) is 3.03. The van der Waals surface area contributed by atoms with Crippen LogP contribution in [0.25, 0.3) is 11.1 Å². The Balaban J connectivity index is 1.76. The number of aryl methyl sites for hydroxylation is 2. The summed E-state index contributed by atoms with van der Waals surface area (Å²) < 4.78 is 2.76. The fraction of sp³-hybridized carbons (Fsp3) is 0.211. The summed E-state index contributed by atoms with van der Waals surface area (Å²) in [5.74, 6) is 0.946. The molecule has 118 valence electrons. The van der Waals surface area contributed by atoms with Crippen LogP contribution < -0.4 is 5.32 Å². The maximum Gasteiger partial charge on any atom is 0.142 e. The summed E-state index contributed by atoms with van der Waals surface area (Å²) in [7, 11) is 1.92. The highest BCUT2D eigenvalue weighted by Gasteiger charge is 2.06. The van der Waals surface area contributed by atoms with Crippen molar-refractivity contribution in [2.24, 2.45) is 7.05 Å². The molecule has 0 fully saturated rings. The fourth-order valence-electron chi connectivity index (χ4n) is 2.59.